The fourth-order valence-electron chi connectivity index (χ4n) is 4.22. The number of nitrogens with zero attached hydrogens (tertiary/aromatic N) is 5. The van der Waals surface area contributed by atoms with Crippen molar-refractivity contribution in [3.05, 3.63) is 56.2 Å². The Morgan fingerprint density at radius 2 is 1.94 bits per heavy atom. The summed E-state index contributed by atoms with van der Waals surface area (Å²) < 4.78 is 43.3. The Kier molecular flexibility index (Phi) is 5.61. The molecular formula is C21H25F3N6O2. The molecule has 0 amide bonds. The van der Waals surface area contributed by atoms with Gasteiger partial charge in [0.2, 0.25) is 5.95 Å². The summed E-state index contributed by atoms with van der Waals surface area (Å²) in [7, 11) is 2.94. The molecular weight excluding hydrogens is 425 g/mol. The van der Waals surface area contributed by atoms with E-state index in [1.807, 2.05) is 4.90 Å². The molecule has 0 spiro atoms. The first-order valence-electron chi connectivity index (χ1n) is 10.4. The highest BCUT2D eigenvalue weighted by molar-refractivity contribution is 5.74. The van der Waals surface area contributed by atoms with Crippen molar-refractivity contribution in [2.45, 2.75) is 38.0 Å². The molecule has 1 aliphatic rings. The maximum Gasteiger partial charge on any atom is 0.416 e. The van der Waals surface area contributed by atoms with Crippen molar-refractivity contribution in [1.29, 1.82) is 0 Å². The molecule has 11 heteroatoms. The number of hydrogen-bond donors (Lipinski definition) is 1. The van der Waals surface area contributed by atoms with Crippen LogP contribution in [0.2, 0.25) is 0 Å². The third kappa shape index (κ3) is 3.92. The standard InChI is InChI=1S/C21H25F3N6O2/c1-27-17-16(18(31)28(2)20(27)32)30(19(26-17)29-9-4-7-15(25)12-29)10-8-13-5-3-6-14(11-13)21(22,23)24/h3,5-6,11,15H,4,7-10,12,25H2,1-2H3. The van der Waals surface area contributed by atoms with E-state index in [-0.39, 0.29) is 30.2 Å². The van der Waals surface area contributed by atoms with Crippen LogP contribution in [0, 0.1) is 0 Å². The molecule has 8 nitrogen and oxygen atoms in total. The minimum atomic E-state index is -4.43. The predicted octanol–water partition coefficient (Wildman–Crippen LogP) is 1.62. The molecule has 1 aromatic carbocycles. The highest BCUT2D eigenvalue weighted by atomic mass is 19.4. The Bertz CT molecular complexity index is 1270. The van der Waals surface area contributed by atoms with Crippen LogP contribution in [0.3, 0.4) is 0 Å². The van der Waals surface area contributed by atoms with E-state index in [4.69, 9.17) is 5.73 Å². The van der Waals surface area contributed by atoms with E-state index >= 15 is 0 Å². The van der Waals surface area contributed by atoms with Gasteiger partial charge in [0, 0.05) is 39.8 Å². The zero-order chi connectivity index (χ0) is 23.2. The minimum Gasteiger partial charge on any atom is -0.341 e. The first kappa shape index (κ1) is 22.1. The van der Waals surface area contributed by atoms with E-state index in [0.29, 0.717) is 24.6 Å². The summed E-state index contributed by atoms with van der Waals surface area (Å²) in [4.78, 5) is 32.0. The van der Waals surface area contributed by atoms with Crippen LogP contribution in [0.4, 0.5) is 19.1 Å². The number of aryl methyl sites for hydroxylation is 3. The van der Waals surface area contributed by atoms with Gasteiger partial charge in [0.05, 0.1) is 5.56 Å². The quantitative estimate of drug-likeness (QED) is 0.653. The summed E-state index contributed by atoms with van der Waals surface area (Å²) >= 11 is 0. The molecule has 0 aliphatic carbocycles. The van der Waals surface area contributed by atoms with Gasteiger partial charge in [-0.3, -0.25) is 13.9 Å². The highest BCUT2D eigenvalue weighted by Gasteiger charge is 2.30. The van der Waals surface area contributed by atoms with Crippen molar-refractivity contribution < 1.29 is 13.2 Å². The lowest BCUT2D eigenvalue weighted by Crippen LogP contribution is -2.44. The van der Waals surface area contributed by atoms with Gasteiger partial charge in [-0.05, 0) is 30.9 Å². The number of imidazole rings is 1. The molecule has 1 unspecified atom stereocenters. The number of nitrogens with two attached hydrogens (primary N) is 1. The average molecular weight is 450 g/mol. The number of fused-ring (bicyclic) bond motifs is 1. The monoisotopic (exact) mass is 450 g/mol. The molecule has 1 atom stereocenters. The summed E-state index contributed by atoms with van der Waals surface area (Å²) in [6.45, 7) is 1.46. The maximum atomic E-state index is 13.1. The number of hydrogen-bond acceptors (Lipinski definition) is 5. The third-order valence-corrected chi connectivity index (χ3v) is 5.95. The third-order valence-electron chi connectivity index (χ3n) is 5.95. The van der Waals surface area contributed by atoms with Crippen LogP contribution in [0.1, 0.15) is 24.0 Å². The number of piperidine rings is 1. The zero-order valence-corrected chi connectivity index (χ0v) is 17.9. The van der Waals surface area contributed by atoms with Gasteiger partial charge in [0.25, 0.3) is 5.56 Å². The van der Waals surface area contributed by atoms with Gasteiger partial charge < -0.3 is 15.2 Å². The number of aromatic nitrogens is 4. The highest BCUT2D eigenvalue weighted by Crippen LogP contribution is 2.30. The van der Waals surface area contributed by atoms with Gasteiger partial charge in [-0.2, -0.15) is 18.2 Å². The molecule has 1 saturated heterocycles. The van der Waals surface area contributed by atoms with Crippen LogP contribution in [-0.4, -0.2) is 37.8 Å². The molecule has 1 fully saturated rings. The van der Waals surface area contributed by atoms with E-state index in [2.05, 4.69) is 4.98 Å². The van der Waals surface area contributed by atoms with Gasteiger partial charge in [-0.15, -0.1) is 0 Å². The lowest BCUT2D eigenvalue weighted by Gasteiger charge is -2.31. The van der Waals surface area contributed by atoms with E-state index in [1.54, 1.807) is 17.7 Å². The average Bonchev–Trinajstić information content (AvgIpc) is 3.14. The Morgan fingerprint density at radius 3 is 2.62 bits per heavy atom. The van der Waals surface area contributed by atoms with Crippen molar-refractivity contribution >= 4 is 17.1 Å². The number of alkyl halides is 3. The Balaban J connectivity index is 1.81. The Hall–Kier alpha value is -3.08. The van der Waals surface area contributed by atoms with Crippen LogP contribution >= 0.6 is 0 Å². The van der Waals surface area contributed by atoms with Crippen LogP contribution < -0.4 is 21.9 Å². The van der Waals surface area contributed by atoms with Crippen molar-refractivity contribution in [1.82, 2.24) is 18.7 Å². The van der Waals surface area contributed by atoms with E-state index in [9.17, 15) is 22.8 Å². The van der Waals surface area contributed by atoms with Crippen molar-refractivity contribution in [2.24, 2.45) is 19.8 Å². The molecule has 32 heavy (non-hydrogen) atoms. The SMILES string of the molecule is Cn1c(=O)c2c(nc(N3CCCC(N)C3)n2CCc2cccc(C(F)(F)F)c2)n(C)c1=O. The van der Waals surface area contributed by atoms with Crippen molar-refractivity contribution in [3.63, 3.8) is 0 Å². The molecule has 4 rings (SSSR count). The molecule has 0 radical (unpaired) electrons. The molecule has 0 bridgehead atoms. The predicted molar refractivity (Wildman–Crippen MR) is 115 cm³/mol. The van der Waals surface area contributed by atoms with E-state index < -0.39 is 23.0 Å². The van der Waals surface area contributed by atoms with Crippen molar-refractivity contribution in [2.75, 3.05) is 18.0 Å². The lowest BCUT2D eigenvalue weighted by molar-refractivity contribution is -0.137. The Labute approximate surface area is 181 Å². The van der Waals surface area contributed by atoms with Crippen LogP contribution in [0.15, 0.2) is 33.9 Å². The topological polar surface area (TPSA) is 91.1 Å². The van der Waals surface area contributed by atoms with Crippen LogP contribution in [0.25, 0.3) is 11.2 Å². The van der Waals surface area contributed by atoms with E-state index in [1.165, 1.54) is 17.7 Å². The number of halogens is 3. The van der Waals surface area contributed by atoms with Crippen LogP contribution in [0.5, 0.6) is 0 Å². The maximum absolute atomic E-state index is 13.1. The second-order valence-corrected chi connectivity index (χ2v) is 8.24. The molecule has 3 aromatic rings. The Morgan fingerprint density at radius 1 is 1.19 bits per heavy atom. The molecule has 172 valence electrons. The second kappa shape index (κ2) is 8.12. The number of anilines is 1. The molecule has 1 aliphatic heterocycles. The minimum absolute atomic E-state index is 0.0490. The summed E-state index contributed by atoms with van der Waals surface area (Å²) in [5.74, 6) is 0.500. The van der Waals surface area contributed by atoms with Crippen molar-refractivity contribution in [3.8, 4) is 0 Å². The summed E-state index contributed by atoms with van der Waals surface area (Å²) in [5.41, 5.74) is 5.41. The largest absolute Gasteiger partial charge is 0.416 e. The number of rotatable bonds is 4. The number of benzene rings is 1. The summed E-state index contributed by atoms with van der Waals surface area (Å²) in [6, 6.07) is 5.09. The van der Waals surface area contributed by atoms with Gasteiger partial charge in [-0.1, -0.05) is 18.2 Å². The fourth-order valence-corrected chi connectivity index (χ4v) is 4.22. The molecule has 2 N–H and O–H groups in total. The fraction of sp³-hybridized carbons (Fsp3) is 0.476. The summed E-state index contributed by atoms with van der Waals surface area (Å²) in [5, 5.41) is 0. The smallest absolute Gasteiger partial charge is 0.341 e. The van der Waals surface area contributed by atoms with Gasteiger partial charge in [-0.25, -0.2) is 4.79 Å². The molecule has 3 heterocycles. The van der Waals surface area contributed by atoms with Crippen LogP contribution in [-0.2, 0) is 33.2 Å². The first-order valence-corrected chi connectivity index (χ1v) is 10.4. The normalized spacial score (nSPS) is 17.3. The summed E-state index contributed by atoms with van der Waals surface area (Å²) in [6.07, 6.45) is -2.44. The van der Waals surface area contributed by atoms with Gasteiger partial charge >= 0.3 is 11.9 Å². The molecule has 0 saturated carbocycles. The second-order valence-electron chi connectivity index (χ2n) is 8.24. The first-order chi connectivity index (χ1) is 15.1. The van der Waals surface area contributed by atoms with Gasteiger partial charge in [0.1, 0.15) is 0 Å². The van der Waals surface area contributed by atoms with E-state index in [0.717, 1.165) is 29.5 Å². The zero-order valence-electron chi connectivity index (χ0n) is 17.9. The molecule has 2 aromatic heterocycles. The lowest BCUT2D eigenvalue weighted by atomic mass is 10.1. The van der Waals surface area contributed by atoms with Gasteiger partial charge in [0.15, 0.2) is 11.2 Å².